The minimum absolute atomic E-state index is 0.0177. The van der Waals surface area contributed by atoms with Gasteiger partial charge in [-0.2, -0.15) is 0 Å². The van der Waals surface area contributed by atoms with Crippen LogP contribution in [0.2, 0.25) is 0 Å². The van der Waals surface area contributed by atoms with Crippen LogP contribution in [0.3, 0.4) is 0 Å². The van der Waals surface area contributed by atoms with Crippen LogP contribution in [0, 0.1) is 47.0 Å². The molecule has 10 rings (SSSR count). The van der Waals surface area contributed by atoms with Gasteiger partial charge in [0, 0.05) is 54.9 Å². The molecule has 3 aliphatic carbocycles. The van der Waals surface area contributed by atoms with Crippen LogP contribution in [0.4, 0.5) is 0 Å². The number of ketones is 1. The summed E-state index contributed by atoms with van der Waals surface area (Å²) in [6, 6.07) is 9.74. The highest BCUT2D eigenvalue weighted by Crippen LogP contribution is 2.52. The van der Waals surface area contributed by atoms with E-state index in [4.69, 9.17) is 15.2 Å². The Hall–Kier alpha value is -5.23. The van der Waals surface area contributed by atoms with Crippen molar-refractivity contribution in [3.63, 3.8) is 0 Å². The maximum Gasteiger partial charge on any atom is 0.191 e. The fourth-order valence-electron chi connectivity index (χ4n) is 10.6. The lowest BCUT2D eigenvalue weighted by Gasteiger charge is -2.37. The van der Waals surface area contributed by atoms with Gasteiger partial charge in [0.15, 0.2) is 17.7 Å². The molecule has 6 aliphatic rings. The summed E-state index contributed by atoms with van der Waals surface area (Å²) in [5.74, 6) is 10.8. The molecule has 9 atom stereocenters. The highest BCUT2D eigenvalue weighted by atomic mass is 16.5. The summed E-state index contributed by atoms with van der Waals surface area (Å²) in [6.45, 7) is 2.03. The number of hydrogen-bond acceptors (Lipinski definition) is 8. The number of allylic oxidation sites excluding steroid dienone is 2. The third-order valence-corrected chi connectivity index (χ3v) is 13.7. The third-order valence-electron chi connectivity index (χ3n) is 13.7. The summed E-state index contributed by atoms with van der Waals surface area (Å²) in [5, 5.41) is 37.9. The van der Waals surface area contributed by atoms with E-state index in [0.717, 1.165) is 82.8 Å². The first-order chi connectivity index (χ1) is 28.2. The molecule has 2 aromatic carbocycles. The number of Topliss-reactive ketones (excluding diaryl/α,β-unsaturated/α-hetero) is 1. The number of ether oxygens (including phenoxy) is 2. The van der Waals surface area contributed by atoms with Crippen molar-refractivity contribution in [3.8, 4) is 35.4 Å². The quantitative estimate of drug-likeness (QED) is 0.0926. The van der Waals surface area contributed by atoms with E-state index in [1.54, 1.807) is 0 Å². The second-order valence-electron chi connectivity index (χ2n) is 17.4. The minimum Gasteiger partial charge on any atom is -0.465 e. The van der Waals surface area contributed by atoms with E-state index in [0.29, 0.717) is 24.3 Å². The van der Waals surface area contributed by atoms with E-state index in [1.165, 1.54) is 5.57 Å². The van der Waals surface area contributed by atoms with E-state index in [1.807, 2.05) is 55.6 Å². The van der Waals surface area contributed by atoms with Gasteiger partial charge in [0.1, 0.15) is 24.2 Å². The average molecular weight is 779 g/mol. The number of aromatic nitrogens is 2. The minimum atomic E-state index is -1.05. The van der Waals surface area contributed by atoms with E-state index >= 15 is 0 Å². The fourth-order valence-corrected chi connectivity index (χ4v) is 10.6. The van der Waals surface area contributed by atoms with Crippen LogP contribution >= 0.6 is 0 Å². The topological polar surface area (TPSA) is 155 Å². The van der Waals surface area contributed by atoms with Crippen molar-refractivity contribution in [2.75, 3.05) is 0 Å². The monoisotopic (exact) mass is 778 g/mol. The molecule has 1 fully saturated rings. The van der Waals surface area contributed by atoms with Crippen molar-refractivity contribution < 1.29 is 29.6 Å². The molecule has 0 saturated heterocycles. The SMILES string of the molecule is C[C@H]1C=C[C@H]([C@@H](O)CC(=O)CCc2ccc3c(c2)O[C@H]2[C@@H](C#C[C@H](O)c4ccc5c6c4[C@H](CCC6=CN[C@H]5N)c4c[nH]c5cn2cc45)C2(C#CO3)CCCC2)[C@H](O)C1. The second kappa shape index (κ2) is 14.5. The van der Waals surface area contributed by atoms with Gasteiger partial charge in [-0.3, -0.25) is 4.79 Å². The number of carbonyl (C=O) groups is 1. The summed E-state index contributed by atoms with van der Waals surface area (Å²) in [4.78, 5) is 16.7. The maximum absolute atomic E-state index is 13.2. The number of nitrogens with one attached hydrogen (secondary N) is 2. The Morgan fingerprint density at radius 2 is 1.91 bits per heavy atom. The van der Waals surface area contributed by atoms with Crippen LogP contribution in [-0.2, 0) is 11.2 Å². The zero-order chi connectivity index (χ0) is 39.7. The van der Waals surface area contributed by atoms with Crippen LogP contribution in [0.5, 0.6) is 11.5 Å². The molecule has 298 valence electrons. The average Bonchev–Trinajstić information content (AvgIpc) is 3.96. The molecule has 0 amide bonds. The van der Waals surface area contributed by atoms with Crippen LogP contribution in [-0.4, -0.2) is 42.9 Å². The molecule has 3 aliphatic heterocycles. The van der Waals surface area contributed by atoms with Crippen molar-refractivity contribution in [2.45, 2.75) is 108 Å². The molecule has 7 N–H and O–H groups in total. The van der Waals surface area contributed by atoms with Crippen LogP contribution in [0.25, 0.3) is 16.5 Å². The molecular formula is C48H50N4O6. The molecular weight excluding hydrogens is 729 g/mol. The third kappa shape index (κ3) is 6.35. The van der Waals surface area contributed by atoms with Gasteiger partial charge in [-0.25, -0.2) is 0 Å². The van der Waals surface area contributed by atoms with Gasteiger partial charge >= 0.3 is 0 Å². The predicted molar refractivity (Wildman–Crippen MR) is 220 cm³/mol. The number of aliphatic hydroxyl groups is 3. The molecule has 4 aromatic rings. The van der Waals surface area contributed by atoms with Gasteiger partial charge in [0.2, 0.25) is 0 Å². The Bertz CT molecular complexity index is 2480. The molecule has 10 nitrogen and oxygen atoms in total. The first-order valence-corrected chi connectivity index (χ1v) is 21.0. The Balaban J connectivity index is 1.02. The summed E-state index contributed by atoms with van der Waals surface area (Å²) in [5.41, 5.74) is 14.3. The number of benzene rings is 2. The number of nitrogens with two attached hydrogens (primary N) is 1. The zero-order valence-electron chi connectivity index (χ0n) is 32.7. The van der Waals surface area contributed by atoms with E-state index in [9.17, 15) is 20.1 Å². The summed E-state index contributed by atoms with van der Waals surface area (Å²) < 4.78 is 15.4. The number of carbonyl (C=O) groups excluding carboxylic acids is 1. The molecule has 0 unspecified atom stereocenters. The Kier molecular flexibility index (Phi) is 9.30. The van der Waals surface area contributed by atoms with Gasteiger partial charge in [0.25, 0.3) is 0 Å². The van der Waals surface area contributed by atoms with Gasteiger partial charge < -0.3 is 45.4 Å². The number of aromatic amines is 1. The van der Waals surface area contributed by atoms with Gasteiger partial charge in [-0.05, 0) is 95.5 Å². The number of aliphatic hydroxyl groups excluding tert-OH is 3. The zero-order valence-corrected chi connectivity index (χ0v) is 32.7. The van der Waals surface area contributed by atoms with E-state index < -0.39 is 41.8 Å². The van der Waals surface area contributed by atoms with E-state index in [2.05, 4.69) is 57.3 Å². The van der Waals surface area contributed by atoms with Crippen LogP contribution < -0.4 is 20.5 Å². The lowest BCUT2D eigenvalue weighted by atomic mass is 9.71. The predicted octanol–water partition coefficient (Wildman–Crippen LogP) is 6.78. The smallest absolute Gasteiger partial charge is 0.191 e. The number of hydrogen-bond donors (Lipinski definition) is 6. The number of rotatable bonds is 6. The maximum atomic E-state index is 13.2. The summed E-state index contributed by atoms with van der Waals surface area (Å²) >= 11 is 0. The number of fused-ring (bicyclic) bond motifs is 6. The first-order valence-electron chi connectivity index (χ1n) is 21.0. The number of H-pyrrole nitrogens is 1. The second-order valence-corrected chi connectivity index (χ2v) is 17.4. The number of nitrogens with zero attached hydrogens (tertiary/aromatic N) is 1. The highest BCUT2D eigenvalue weighted by Gasteiger charge is 2.47. The lowest BCUT2D eigenvalue weighted by Crippen LogP contribution is -2.36. The van der Waals surface area contributed by atoms with Gasteiger partial charge in [0.05, 0.1) is 29.1 Å². The first kappa shape index (κ1) is 37.1. The Morgan fingerprint density at radius 1 is 1.07 bits per heavy atom. The van der Waals surface area contributed by atoms with Crippen molar-refractivity contribution in [3.05, 3.63) is 101 Å². The van der Waals surface area contributed by atoms with Crippen molar-refractivity contribution in [1.29, 1.82) is 0 Å². The lowest BCUT2D eigenvalue weighted by molar-refractivity contribution is -0.122. The van der Waals surface area contributed by atoms with E-state index in [-0.39, 0.29) is 36.6 Å². The molecule has 2 bridgehead atoms. The summed E-state index contributed by atoms with van der Waals surface area (Å²) in [6.07, 6.45) is 18.3. The fraction of sp³-hybridized carbons (Fsp3) is 0.438. The normalized spacial score (nSPS) is 29.1. The molecule has 1 spiro atoms. The molecule has 0 radical (unpaired) electrons. The van der Waals surface area contributed by atoms with Crippen molar-refractivity contribution >= 4 is 22.3 Å². The molecule has 58 heavy (non-hydrogen) atoms. The number of aryl methyl sites for hydroxylation is 1. The molecule has 1 saturated carbocycles. The summed E-state index contributed by atoms with van der Waals surface area (Å²) in [7, 11) is 0. The Labute approximate surface area is 338 Å². The van der Waals surface area contributed by atoms with Crippen LogP contribution in [0.15, 0.2) is 67.3 Å². The van der Waals surface area contributed by atoms with Crippen LogP contribution in [0.1, 0.15) is 123 Å². The Morgan fingerprint density at radius 3 is 2.76 bits per heavy atom. The molecule has 2 aromatic heterocycles. The van der Waals surface area contributed by atoms with Gasteiger partial charge in [-0.15, -0.1) is 0 Å². The highest BCUT2D eigenvalue weighted by molar-refractivity contribution is 5.86. The molecule has 10 heteroatoms. The van der Waals surface area contributed by atoms with Gasteiger partial charge in [-0.1, -0.05) is 67.9 Å². The van der Waals surface area contributed by atoms with Crippen molar-refractivity contribution in [1.82, 2.24) is 14.9 Å². The largest absolute Gasteiger partial charge is 0.465 e. The standard InChI is InChI=1S/C48H50N4O6/c1-27-4-9-32(40(55)20-27)41(56)22-30(53)8-5-28-6-15-42-43(21-28)58-47-37(48(18-19-57-42)16-2-3-17-48)13-14-39(54)33-11-12-34-44-29(23-51-46(34)49)7-10-31(45(33)44)35-24-50-38-26-52(47)25-36(35)38/h4,6,9,11-12,15,21,23-27,31-32,37,39-41,46-47,50-51,54-56H,2-3,5,7-8,10,16-17,20,22,49H2,1H3/t27-,31+,32-,37+,39-,40+,41-,46+,47-/m0/s1. The van der Waals surface area contributed by atoms with Crippen molar-refractivity contribution in [2.24, 2.45) is 28.9 Å². The molecule has 5 heterocycles.